The van der Waals surface area contributed by atoms with Gasteiger partial charge in [-0.15, -0.1) is 0 Å². The second kappa shape index (κ2) is 5.29. The third-order valence-electron chi connectivity index (χ3n) is 2.55. The van der Waals surface area contributed by atoms with Crippen LogP contribution < -0.4 is 5.73 Å². The van der Waals surface area contributed by atoms with Gasteiger partial charge >= 0.3 is 5.97 Å². The first kappa shape index (κ1) is 11.4. The third-order valence-corrected chi connectivity index (χ3v) is 2.55. The van der Waals surface area contributed by atoms with E-state index < -0.39 is 12.0 Å². The van der Waals surface area contributed by atoms with E-state index in [2.05, 4.69) is 0 Å². The molecule has 5 heteroatoms. The lowest BCUT2D eigenvalue weighted by atomic mass is 10.2. The number of carboxylic acid groups (broad SMARTS) is 1. The Bertz CT molecular complexity index is 198. The molecule has 1 aliphatic rings. The summed E-state index contributed by atoms with van der Waals surface area (Å²) in [6, 6.07) is -0.453. The largest absolute Gasteiger partial charge is 0.480 e. The number of carboxylic acids is 1. The number of rotatable bonds is 3. The molecule has 0 aromatic heterocycles. The fraction of sp³-hybridized carbons (Fsp3) is 0.889. The number of ether oxygens (including phenoxy) is 1. The van der Waals surface area contributed by atoms with Crippen LogP contribution in [0.1, 0.15) is 13.3 Å². The minimum atomic E-state index is -0.789. The SMILES string of the molecule is CC(C(=O)O)N1CCCOC(CN)C1. The zero-order valence-electron chi connectivity index (χ0n) is 8.48. The van der Waals surface area contributed by atoms with Crippen molar-refractivity contribution in [1.29, 1.82) is 0 Å². The van der Waals surface area contributed by atoms with Crippen LogP contribution in [0.3, 0.4) is 0 Å². The average Bonchev–Trinajstić information content (AvgIpc) is 2.41. The maximum absolute atomic E-state index is 10.8. The van der Waals surface area contributed by atoms with Crippen LogP contribution >= 0.6 is 0 Å². The van der Waals surface area contributed by atoms with E-state index in [1.807, 2.05) is 4.90 Å². The van der Waals surface area contributed by atoms with Crippen molar-refractivity contribution in [3.63, 3.8) is 0 Å². The van der Waals surface area contributed by atoms with Gasteiger partial charge in [-0.1, -0.05) is 0 Å². The molecular formula is C9H18N2O3. The molecule has 1 saturated heterocycles. The number of nitrogens with zero attached hydrogens (tertiary/aromatic N) is 1. The number of carbonyl (C=O) groups is 1. The van der Waals surface area contributed by atoms with E-state index in [0.29, 0.717) is 19.7 Å². The van der Waals surface area contributed by atoms with Crippen molar-refractivity contribution in [3.05, 3.63) is 0 Å². The van der Waals surface area contributed by atoms with Crippen molar-refractivity contribution in [2.45, 2.75) is 25.5 Å². The molecule has 1 heterocycles. The van der Waals surface area contributed by atoms with E-state index in [0.717, 1.165) is 13.0 Å². The van der Waals surface area contributed by atoms with Gasteiger partial charge < -0.3 is 15.6 Å². The van der Waals surface area contributed by atoms with E-state index in [1.54, 1.807) is 6.92 Å². The van der Waals surface area contributed by atoms with Gasteiger partial charge in [0.1, 0.15) is 6.04 Å². The molecular weight excluding hydrogens is 184 g/mol. The van der Waals surface area contributed by atoms with Crippen LogP contribution in [0, 0.1) is 0 Å². The van der Waals surface area contributed by atoms with Gasteiger partial charge in [-0.25, -0.2) is 0 Å². The topological polar surface area (TPSA) is 75.8 Å². The Morgan fingerprint density at radius 2 is 2.50 bits per heavy atom. The molecule has 14 heavy (non-hydrogen) atoms. The third kappa shape index (κ3) is 2.94. The number of hydrogen-bond donors (Lipinski definition) is 2. The highest BCUT2D eigenvalue weighted by Crippen LogP contribution is 2.08. The zero-order valence-corrected chi connectivity index (χ0v) is 8.48. The zero-order chi connectivity index (χ0) is 10.6. The van der Waals surface area contributed by atoms with Gasteiger partial charge in [-0.2, -0.15) is 0 Å². The molecule has 2 unspecified atom stereocenters. The van der Waals surface area contributed by atoms with Crippen molar-refractivity contribution in [1.82, 2.24) is 4.90 Å². The first-order valence-corrected chi connectivity index (χ1v) is 4.93. The summed E-state index contributed by atoms with van der Waals surface area (Å²) in [5.41, 5.74) is 5.51. The number of aliphatic carboxylic acids is 1. The van der Waals surface area contributed by atoms with E-state index in [1.165, 1.54) is 0 Å². The second-order valence-electron chi connectivity index (χ2n) is 3.59. The first-order valence-electron chi connectivity index (χ1n) is 4.93. The predicted molar refractivity (Wildman–Crippen MR) is 52.1 cm³/mol. The van der Waals surface area contributed by atoms with Crippen molar-refractivity contribution in [2.75, 3.05) is 26.2 Å². The van der Waals surface area contributed by atoms with Crippen molar-refractivity contribution in [3.8, 4) is 0 Å². The smallest absolute Gasteiger partial charge is 0.320 e. The Labute approximate surface area is 83.8 Å². The van der Waals surface area contributed by atoms with E-state index >= 15 is 0 Å². The molecule has 0 radical (unpaired) electrons. The maximum Gasteiger partial charge on any atom is 0.320 e. The Morgan fingerprint density at radius 3 is 3.07 bits per heavy atom. The number of nitrogens with two attached hydrogens (primary N) is 1. The molecule has 1 rings (SSSR count). The summed E-state index contributed by atoms with van der Waals surface area (Å²) >= 11 is 0. The molecule has 1 aliphatic heterocycles. The molecule has 0 aromatic carbocycles. The fourth-order valence-corrected chi connectivity index (χ4v) is 1.57. The monoisotopic (exact) mass is 202 g/mol. The van der Waals surface area contributed by atoms with Crippen LogP contribution in [0.15, 0.2) is 0 Å². The van der Waals surface area contributed by atoms with Crippen LogP contribution in [0.4, 0.5) is 0 Å². The Kier molecular flexibility index (Phi) is 4.31. The summed E-state index contributed by atoms with van der Waals surface area (Å²) in [6.07, 6.45) is 0.841. The van der Waals surface area contributed by atoms with E-state index in [9.17, 15) is 4.79 Å². The highest BCUT2D eigenvalue weighted by molar-refractivity contribution is 5.72. The Balaban J connectivity index is 2.54. The quantitative estimate of drug-likeness (QED) is 0.646. The van der Waals surface area contributed by atoms with Crippen LogP contribution in [-0.4, -0.2) is 54.4 Å². The van der Waals surface area contributed by atoms with Crippen LogP contribution in [0.2, 0.25) is 0 Å². The van der Waals surface area contributed by atoms with Gasteiger partial charge in [0.05, 0.1) is 6.10 Å². The first-order chi connectivity index (χ1) is 6.65. The molecule has 1 fully saturated rings. The summed E-state index contributed by atoms with van der Waals surface area (Å²) in [7, 11) is 0. The van der Waals surface area contributed by atoms with Crippen molar-refractivity contribution in [2.24, 2.45) is 5.73 Å². The highest BCUT2D eigenvalue weighted by atomic mass is 16.5. The van der Waals surface area contributed by atoms with Crippen LogP contribution in [0.25, 0.3) is 0 Å². The average molecular weight is 202 g/mol. The van der Waals surface area contributed by atoms with Crippen LogP contribution in [0.5, 0.6) is 0 Å². The van der Waals surface area contributed by atoms with Gasteiger partial charge in [0, 0.05) is 26.2 Å². The van der Waals surface area contributed by atoms with E-state index in [4.69, 9.17) is 15.6 Å². The summed E-state index contributed by atoms with van der Waals surface area (Å²) in [6.45, 7) is 4.20. The van der Waals surface area contributed by atoms with E-state index in [-0.39, 0.29) is 6.10 Å². The summed E-state index contributed by atoms with van der Waals surface area (Å²) in [5.74, 6) is -0.789. The maximum atomic E-state index is 10.8. The van der Waals surface area contributed by atoms with Gasteiger partial charge in [0.25, 0.3) is 0 Å². The molecule has 5 nitrogen and oxygen atoms in total. The minimum Gasteiger partial charge on any atom is -0.480 e. The molecule has 82 valence electrons. The molecule has 3 N–H and O–H groups in total. The number of hydrogen-bond acceptors (Lipinski definition) is 4. The summed E-state index contributed by atoms with van der Waals surface area (Å²) < 4.78 is 5.45. The van der Waals surface area contributed by atoms with Crippen LogP contribution in [-0.2, 0) is 9.53 Å². The van der Waals surface area contributed by atoms with Crippen molar-refractivity contribution >= 4 is 5.97 Å². The lowest BCUT2D eigenvalue weighted by Crippen LogP contribution is -2.44. The normalized spacial score (nSPS) is 26.9. The summed E-state index contributed by atoms with van der Waals surface area (Å²) in [4.78, 5) is 12.7. The molecule has 0 aliphatic carbocycles. The highest BCUT2D eigenvalue weighted by Gasteiger charge is 2.25. The fourth-order valence-electron chi connectivity index (χ4n) is 1.57. The van der Waals surface area contributed by atoms with Crippen molar-refractivity contribution < 1.29 is 14.6 Å². The van der Waals surface area contributed by atoms with Gasteiger partial charge in [-0.05, 0) is 13.3 Å². The molecule has 0 amide bonds. The molecule has 0 aromatic rings. The predicted octanol–water partition coefficient (Wildman–Crippen LogP) is -0.491. The van der Waals surface area contributed by atoms with Gasteiger partial charge in [0.15, 0.2) is 0 Å². The molecule has 2 atom stereocenters. The molecule has 0 saturated carbocycles. The summed E-state index contributed by atoms with van der Waals surface area (Å²) in [5, 5.41) is 8.87. The standard InChI is InChI=1S/C9H18N2O3/c1-7(9(12)13)11-3-2-4-14-8(5-10)6-11/h7-8H,2-6,10H2,1H3,(H,12,13). The van der Waals surface area contributed by atoms with Gasteiger partial charge in [-0.3, -0.25) is 9.69 Å². The minimum absolute atomic E-state index is 0.0284. The Hall–Kier alpha value is -0.650. The Morgan fingerprint density at radius 1 is 1.79 bits per heavy atom. The molecule has 0 spiro atoms. The lowest BCUT2D eigenvalue weighted by molar-refractivity contribution is -0.142. The van der Waals surface area contributed by atoms with Gasteiger partial charge in [0.2, 0.25) is 0 Å². The molecule has 0 bridgehead atoms. The lowest BCUT2D eigenvalue weighted by Gasteiger charge is -2.26. The second-order valence-corrected chi connectivity index (χ2v) is 3.59.